The van der Waals surface area contributed by atoms with E-state index in [0.717, 1.165) is 19.3 Å². The van der Waals surface area contributed by atoms with Gasteiger partial charge in [0.1, 0.15) is 0 Å². The molecular formula is C22H44O5. The third-order valence-corrected chi connectivity index (χ3v) is 5.06. The van der Waals surface area contributed by atoms with Crippen LogP contribution >= 0.6 is 0 Å². The van der Waals surface area contributed by atoms with Crippen LogP contribution in [0.4, 0.5) is 0 Å². The summed E-state index contributed by atoms with van der Waals surface area (Å²) < 4.78 is 4.89. The summed E-state index contributed by atoms with van der Waals surface area (Å²) in [5, 5.41) is 27.2. The molecule has 0 aromatic carbocycles. The van der Waals surface area contributed by atoms with E-state index in [1.54, 1.807) is 6.92 Å². The van der Waals surface area contributed by atoms with Crippen molar-refractivity contribution in [1.82, 2.24) is 0 Å². The number of ether oxygens (including phenoxy) is 1. The normalized spacial score (nSPS) is 12.9. The first-order valence-electron chi connectivity index (χ1n) is 11.3. The predicted octanol–water partition coefficient (Wildman–Crippen LogP) is 5.20. The lowest BCUT2D eigenvalue weighted by atomic mass is 10.0. The van der Waals surface area contributed by atoms with Crippen molar-refractivity contribution in [2.24, 2.45) is 0 Å². The lowest BCUT2D eigenvalue weighted by molar-refractivity contribution is -0.356. The molecule has 3 N–H and O–H groups in total. The Morgan fingerprint density at radius 3 is 1.41 bits per heavy atom. The van der Waals surface area contributed by atoms with Gasteiger partial charge in [0.25, 0.3) is 0 Å². The van der Waals surface area contributed by atoms with E-state index in [4.69, 9.17) is 20.1 Å². The molecular weight excluding hydrogens is 344 g/mol. The molecule has 0 amide bonds. The van der Waals surface area contributed by atoms with Crippen molar-refractivity contribution >= 4 is 5.97 Å². The van der Waals surface area contributed by atoms with Crippen LogP contribution in [0.5, 0.6) is 0 Å². The Balaban J connectivity index is 3.34. The Labute approximate surface area is 166 Å². The number of carbonyl (C=O) groups excluding carboxylic acids is 1. The van der Waals surface area contributed by atoms with Gasteiger partial charge >= 0.3 is 11.9 Å². The van der Waals surface area contributed by atoms with E-state index < -0.39 is 18.0 Å². The first-order chi connectivity index (χ1) is 12.9. The van der Waals surface area contributed by atoms with Gasteiger partial charge in [-0.1, -0.05) is 104 Å². The number of rotatable bonds is 19. The molecule has 27 heavy (non-hydrogen) atoms. The minimum absolute atomic E-state index is 0.147. The van der Waals surface area contributed by atoms with Crippen molar-refractivity contribution in [3.8, 4) is 0 Å². The van der Waals surface area contributed by atoms with Gasteiger partial charge in [0.15, 0.2) is 6.10 Å². The lowest BCUT2D eigenvalue weighted by Gasteiger charge is -2.24. The summed E-state index contributed by atoms with van der Waals surface area (Å²) in [5.41, 5.74) is 0. The first kappa shape index (κ1) is 26.4. The summed E-state index contributed by atoms with van der Waals surface area (Å²) in [7, 11) is 0. The van der Waals surface area contributed by atoms with Crippen LogP contribution in [0.1, 0.15) is 123 Å². The van der Waals surface area contributed by atoms with Crippen LogP contribution < -0.4 is 0 Å². The zero-order chi connectivity index (χ0) is 20.4. The van der Waals surface area contributed by atoms with E-state index >= 15 is 0 Å². The highest BCUT2D eigenvalue weighted by Crippen LogP contribution is 2.15. The second-order valence-corrected chi connectivity index (χ2v) is 7.77. The average molecular weight is 389 g/mol. The second kappa shape index (κ2) is 17.4. The maximum atomic E-state index is 11.6. The topological polar surface area (TPSA) is 87.0 Å². The Kier molecular flexibility index (Phi) is 17.0. The average Bonchev–Trinajstić information content (AvgIpc) is 2.62. The quantitative estimate of drug-likeness (QED) is 0.161. The van der Waals surface area contributed by atoms with Crippen molar-refractivity contribution in [1.29, 1.82) is 0 Å². The molecule has 0 rings (SSSR count). The van der Waals surface area contributed by atoms with Gasteiger partial charge in [-0.15, -0.1) is 0 Å². The van der Waals surface area contributed by atoms with Gasteiger partial charge in [-0.3, -0.25) is 4.79 Å². The van der Waals surface area contributed by atoms with E-state index in [1.165, 1.54) is 77.0 Å². The molecule has 0 spiro atoms. The molecule has 1 unspecified atom stereocenters. The van der Waals surface area contributed by atoms with Crippen molar-refractivity contribution in [2.45, 2.75) is 135 Å². The first-order valence-corrected chi connectivity index (χ1v) is 11.3. The highest BCUT2D eigenvalue weighted by atomic mass is 16.7. The highest BCUT2D eigenvalue weighted by Gasteiger charge is 2.33. The fourth-order valence-electron chi connectivity index (χ4n) is 3.29. The van der Waals surface area contributed by atoms with Crippen LogP contribution in [0.3, 0.4) is 0 Å². The SMILES string of the molecule is CCCCCCCCCCCCCCCCCC(=O)OC(CC)C(O)(O)O. The van der Waals surface area contributed by atoms with E-state index in [2.05, 4.69) is 6.92 Å². The van der Waals surface area contributed by atoms with Crippen LogP contribution in [0.2, 0.25) is 0 Å². The van der Waals surface area contributed by atoms with E-state index in [1.807, 2.05) is 0 Å². The molecule has 5 heteroatoms. The number of unbranched alkanes of at least 4 members (excludes halogenated alkanes) is 14. The Morgan fingerprint density at radius 1 is 0.704 bits per heavy atom. The molecule has 0 aliphatic rings. The fourth-order valence-corrected chi connectivity index (χ4v) is 3.29. The summed E-state index contributed by atoms with van der Waals surface area (Å²) in [6, 6.07) is 0. The summed E-state index contributed by atoms with van der Waals surface area (Å²) in [5.74, 6) is -3.45. The van der Waals surface area contributed by atoms with Gasteiger partial charge in [-0.2, -0.15) is 0 Å². The number of aliphatic hydroxyl groups is 3. The molecule has 0 aliphatic heterocycles. The van der Waals surface area contributed by atoms with E-state index in [-0.39, 0.29) is 12.8 Å². The van der Waals surface area contributed by atoms with Gasteiger partial charge < -0.3 is 20.1 Å². The van der Waals surface area contributed by atoms with E-state index in [0.29, 0.717) is 0 Å². The Bertz CT molecular complexity index is 338. The van der Waals surface area contributed by atoms with Crippen molar-refractivity contribution < 1.29 is 24.9 Å². The molecule has 0 radical (unpaired) electrons. The van der Waals surface area contributed by atoms with Gasteiger partial charge in [-0.25, -0.2) is 0 Å². The summed E-state index contributed by atoms with van der Waals surface area (Å²) in [6.07, 6.45) is 18.1. The van der Waals surface area contributed by atoms with Crippen LogP contribution in [0.15, 0.2) is 0 Å². The molecule has 0 aromatic heterocycles. The zero-order valence-corrected chi connectivity index (χ0v) is 17.8. The molecule has 0 heterocycles. The third-order valence-electron chi connectivity index (χ3n) is 5.06. The zero-order valence-electron chi connectivity index (χ0n) is 17.8. The molecule has 0 aromatic rings. The standard InChI is InChI=1S/C22H44O5/c1-3-5-6-7-8-9-10-11-12-13-14-15-16-17-18-19-21(23)27-20(4-2)22(24,25)26/h20,24-26H,3-19H2,1-2H3. The van der Waals surface area contributed by atoms with Gasteiger partial charge in [-0.05, 0) is 12.8 Å². The van der Waals surface area contributed by atoms with Crippen molar-refractivity contribution in [3.05, 3.63) is 0 Å². The Morgan fingerprint density at radius 2 is 1.07 bits per heavy atom. The molecule has 0 aliphatic carbocycles. The van der Waals surface area contributed by atoms with Crippen molar-refractivity contribution in [2.75, 3.05) is 0 Å². The van der Waals surface area contributed by atoms with E-state index in [9.17, 15) is 4.79 Å². The summed E-state index contributed by atoms with van der Waals surface area (Å²) in [4.78, 5) is 11.6. The maximum Gasteiger partial charge on any atom is 0.314 e. The lowest BCUT2D eigenvalue weighted by Crippen LogP contribution is -2.44. The molecule has 1 atom stereocenters. The van der Waals surface area contributed by atoms with Crippen molar-refractivity contribution in [3.63, 3.8) is 0 Å². The maximum absolute atomic E-state index is 11.6. The molecule has 0 saturated carbocycles. The predicted molar refractivity (Wildman–Crippen MR) is 109 cm³/mol. The monoisotopic (exact) mass is 388 g/mol. The minimum Gasteiger partial charge on any atom is -0.454 e. The van der Waals surface area contributed by atoms with Gasteiger partial charge in [0.2, 0.25) is 0 Å². The summed E-state index contributed by atoms with van der Waals surface area (Å²) >= 11 is 0. The second-order valence-electron chi connectivity index (χ2n) is 7.77. The fraction of sp³-hybridized carbons (Fsp3) is 0.955. The smallest absolute Gasteiger partial charge is 0.314 e. The third kappa shape index (κ3) is 17.2. The molecule has 0 saturated heterocycles. The van der Waals surface area contributed by atoms with Crippen LogP contribution in [-0.4, -0.2) is 33.4 Å². The van der Waals surface area contributed by atoms with Crippen LogP contribution in [-0.2, 0) is 9.53 Å². The van der Waals surface area contributed by atoms with Crippen LogP contribution in [0, 0.1) is 0 Å². The molecule has 0 bridgehead atoms. The highest BCUT2D eigenvalue weighted by molar-refractivity contribution is 5.69. The Hall–Kier alpha value is -0.650. The number of esters is 1. The molecule has 0 fully saturated rings. The largest absolute Gasteiger partial charge is 0.454 e. The van der Waals surface area contributed by atoms with Crippen LogP contribution in [0.25, 0.3) is 0 Å². The minimum atomic E-state index is -2.96. The number of hydrogen-bond acceptors (Lipinski definition) is 5. The number of carbonyl (C=O) groups is 1. The molecule has 162 valence electrons. The van der Waals surface area contributed by atoms with Gasteiger partial charge in [0, 0.05) is 6.42 Å². The number of hydrogen-bond donors (Lipinski definition) is 3. The summed E-state index contributed by atoms with van der Waals surface area (Å²) in [6.45, 7) is 3.87. The molecule has 5 nitrogen and oxygen atoms in total. The van der Waals surface area contributed by atoms with Gasteiger partial charge in [0.05, 0.1) is 0 Å².